The van der Waals surface area contributed by atoms with Gasteiger partial charge in [0.1, 0.15) is 6.04 Å². The quantitative estimate of drug-likeness (QED) is 0.729. The van der Waals surface area contributed by atoms with Crippen LogP contribution in [0.3, 0.4) is 0 Å². The standard InChI is InChI=1S/C20H24N4O3S/c1-2-23-19(26)17(24(20(23)28)12-15-4-3-9-27-15)11-18(25)22-14-6-5-13-7-8-21-16(13)10-14/h5-8,10,15,17,21H,2-4,9,11-12H2,1H3,(H,22,25). The molecule has 2 atom stereocenters. The summed E-state index contributed by atoms with van der Waals surface area (Å²) in [5.74, 6) is -0.317. The molecule has 2 unspecified atom stereocenters. The Morgan fingerprint density at radius 1 is 1.39 bits per heavy atom. The van der Waals surface area contributed by atoms with Crippen molar-refractivity contribution < 1.29 is 14.3 Å². The van der Waals surface area contributed by atoms with Gasteiger partial charge in [0.05, 0.1) is 12.5 Å². The summed E-state index contributed by atoms with van der Waals surface area (Å²) < 4.78 is 5.71. The first-order valence-corrected chi connectivity index (χ1v) is 10.1. The first kappa shape index (κ1) is 18.9. The highest BCUT2D eigenvalue weighted by Crippen LogP contribution is 2.25. The van der Waals surface area contributed by atoms with Crippen molar-refractivity contribution in [3.05, 3.63) is 30.5 Å². The largest absolute Gasteiger partial charge is 0.376 e. The molecule has 2 N–H and O–H groups in total. The number of H-pyrrole nitrogens is 1. The molecule has 7 nitrogen and oxygen atoms in total. The number of aromatic amines is 1. The van der Waals surface area contributed by atoms with E-state index >= 15 is 0 Å². The minimum atomic E-state index is -0.578. The van der Waals surface area contributed by atoms with Gasteiger partial charge in [0.25, 0.3) is 5.91 Å². The third-order valence-electron chi connectivity index (χ3n) is 5.36. The van der Waals surface area contributed by atoms with Crippen LogP contribution in [0.5, 0.6) is 0 Å². The molecule has 8 heteroatoms. The number of amides is 2. The van der Waals surface area contributed by atoms with Crippen LogP contribution < -0.4 is 5.32 Å². The van der Waals surface area contributed by atoms with Crippen molar-refractivity contribution in [1.29, 1.82) is 0 Å². The predicted octanol–water partition coefficient (Wildman–Crippen LogP) is 2.49. The van der Waals surface area contributed by atoms with Crippen LogP contribution in [0, 0.1) is 0 Å². The van der Waals surface area contributed by atoms with Crippen LogP contribution in [-0.4, -0.2) is 63.6 Å². The number of thiocarbonyl (C=S) groups is 1. The second-order valence-corrected chi connectivity index (χ2v) is 7.57. The molecule has 1 aromatic carbocycles. The van der Waals surface area contributed by atoms with Crippen molar-refractivity contribution in [2.24, 2.45) is 0 Å². The third kappa shape index (κ3) is 3.62. The maximum Gasteiger partial charge on any atom is 0.252 e. The number of carbonyl (C=O) groups is 2. The predicted molar refractivity (Wildman–Crippen MR) is 111 cm³/mol. The van der Waals surface area contributed by atoms with Crippen molar-refractivity contribution in [2.45, 2.75) is 38.3 Å². The second kappa shape index (κ2) is 7.89. The lowest BCUT2D eigenvalue weighted by Crippen LogP contribution is -2.42. The number of nitrogens with zero attached hydrogens (tertiary/aromatic N) is 2. The molecule has 28 heavy (non-hydrogen) atoms. The molecule has 2 aromatic rings. The van der Waals surface area contributed by atoms with Crippen molar-refractivity contribution in [3.8, 4) is 0 Å². The molecule has 4 rings (SSSR count). The Bertz CT molecular complexity index is 906. The number of ether oxygens (including phenoxy) is 1. The van der Waals surface area contributed by atoms with Gasteiger partial charge < -0.3 is 19.9 Å². The number of benzene rings is 1. The van der Waals surface area contributed by atoms with Gasteiger partial charge in [-0.05, 0) is 55.6 Å². The Hall–Kier alpha value is -2.45. The van der Waals surface area contributed by atoms with Crippen LogP contribution in [0.2, 0.25) is 0 Å². The Morgan fingerprint density at radius 3 is 3.00 bits per heavy atom. The van der Waals surface area contributed by atoms with Gasteiger partial charge in [0, 0.05) is 37.1 Å². The molecule has 0 aliphatic carbocycles. The van der Waals surface area contributed by atoms with Crippen LogP contribution in [-0.2, 0) is 14.3 Å². The Morgan fingerprint density at radius 2 is 2.25 bits per heavy atom. The molecule has 0 spiro atoms. The van der Waals surface area contributed by atoms with E-state index < -0.39 is 6.04 Å². The topological polar surface area (TPSA) is 77.7 Å². The molecule has 3 heterocycles. The Labute approximate surface area is 169 Å². The number of carbonyl (C=O) groups excluding carboxylic acids is 2. The minimum Gasteiger partial charge on any atom is -0.376 e. The van der Waals surface area contributed by atoms with Crippen LogP contribution in [0.15, 0.2) is 30.5 Å². The van der Waals surface area contributed by atoms with E-state index in [4.69, 9.17) is 17.0 Å². The summed E-state index contributed by atoms with van der Waals surface area (Å²) in [6, 6.07) is 7.08. The monoisotopic (exact) mass is 400 g/mol. The van der Waals surface area contributed by atoms with Crippen molar-refractivity contribution in [1.82, 2.24) is 14.8 Å². The van der Waals surface area contributed by atoms with Gasteiger partial charge in [-0.15, -0.1) is 0 Å². The van der Waals surface area contributed by atoms with E-state index in [1.165, 1.54) is 0 Å². The molecule has 1 aromatic heterocycles. The molecular formula is C20H24N4O3S. The van der Waals surface area contributed by atoms with E-state index in [0.717, 1.165) is 30.4 Å². The molecule has 2 aliphatic rings. The molecule has 148 valence electrons. The van der Waals surface area contributed by atoms with E-state index in [-0.39, 0.29) is 24.3 Å². The number of aromatic nitrogens is 1. The van der Waals surface area contributed by atoms with Gasteiger partial charge in [0.15, 0.2) is 5.11 Å². The summed E-state index contributed by atoms with van der Waals surface area (Å²) in [4.78, 5) is 32.1. The van der Waals surface area contributed by atoms with Gasteiger partial charge in [0.2, 0.25) is 5.91 Å². The molecule has 2 amide bonds. The first-order chi connectivity index (χ1) is 13.6. The van der Waals surface area contributed by atoms with Gasteiger partial charge in [-0.3, -0.25) is 14.5 Å². The lowest BCUT2D eigenvalue weighted by molar-refractivity contribution is -0.130. The smallest absolute Gasteiger partial charge is 0.252 e. The number of nitrogens with one attached hydrogen (secondary N) is 2. The lowest BCUT2D eigenvalue weighted by Gasteiger charge is -2.26. The lowest BCUT2D eigenvalue weighted by atomic mass is 10.1. The fourth-order valence-corrected chi connectivity index (χ4v) is 4.33. The molecule has 0 radical (unpaired) electrons. The number of likely N-dealkylation sites (N-methyl/N-ethyl adjacent to an activating group) is 1. The molecular weight excluding hydrogens is 376 g/mol. The molecule has 2 saturated heterocycles. The maximum atomic E-state index is 12.8. The van der Waals surface area contributed by atoms with E-state index in [1.807, 2.05) is 42.3 Å². The number of fused-ring (bicyclic) bond motifs is 1. The number of hydrogen-bond acceptors (Lipinski definition) is 4. The zero-order valence-electron chi connectivity index (χ0n) is 15.8. The molecule has 0 bridgehead atoms. The number of hydrogen-bond donors (Lipinski definition) is 2. The van der Waals surface area contributed by atoms with Gasteiger partial charge in [-0.1, -0.05) is 6.07 Å². The summed E-state index contributed by atoms with van der Waals surface area (Å²) in [7, 11) is 0. The average molecular weight is 401 g/mol. The zero-order chi connectivity index (χ0) is 19.7. The molecule has 2 aliphatic heterocycles. The SMILES string of the molecule is CCN1C(=O)C(CC(=O)Nc2ccc3cc[nH]c3c2)N(CC2CCCO2)C1=S. The highest BCUT2D eigenvalue weighted by atomic mass is 32.1. The van der Waals surface area contributed by atoms with E-state index in [1.54, 1.807) is 4.90 Å². The Kier molecular flexibility index (Phi) is 5.32. The maximum absolute atomic E-state index is 12.8. The normalized spacial score (nSPS) is 22.5. The number of rotatable bonds is 6. The summed E-state index contributed by atoms with van der Waals surface area (Å²) in [6.07, 6.45) is 3.95. The van der Waals surface area contributed by atoms with Gasteiger partial charge in [-0.2, -0.15) is 0 Å². The Balaban J connectivity index is 1.47. The van der Waals surface area contributed by atoms with Gasteiger partial charge >= 0.3 is 0 Å². The zero-order valence-corrected chi connectivity index (χ0v) is 16.6. The molecule has 2 fully saturated rings. The minimum absolute atomic E-state index is 0.0587. The molecule has 0 saturated carbocycles. The van der Waals surface area contributed by atoms with Crippen molar-refractivity contribution in [3.63, 3.8) is 0 Å². The third-order valence-corrected chi connectivity index (χ3v) is 5.82. The highest BCUT2D eigenvalue weighted by molar-refractivity contribution is 7.80. The fraction of sp³-hybridized carbons (Fsp3) is 0.450. The summed E-state index contributed by atoms with van der Waals surface area (Å²) in [5.41, 5.74) is 1.65. The van der Waals surface area contributed by atoms with Crippen LogP contribution in [0.1, 0.15) is 26.2 Å². The first-order valence-electron chi connectivity index (χ1n) is 9.67. The highest BCUT2D eigenvalue weighted by Gasteiger charge is 2.43. The van der Waals surface area contributed by atoms with Gasteiger partial charge in [-0.25, -0.2) is 0 Å². The second-order valence-electron chi connectivity index (χ2n) is 7.20. The van der Waals surface area contributed by atoms with Crippen LogP contribution in [0.25, 0.3) is 10.9 Å². The summed E-state index contributed by atoms with van der Waals surface area (Å²) in [6.45, 7) is 3.68. The average Bonchev–Trinajstić information content (AvgIpc) is 3.39. The summed E-state index contributed by atoms with van der Waals surface area (Å²) >= 11 is 5.52. The fourth-order valence-electron chi connectivity index (χ4n) is 3.91. The van der Waals surface area contributed by atoms with Crippen molar-refractivity contribution in [2.75, 3.05) is 25.0 Å². The van der Waals surface area contributed by atoms with Crippen molar-refractivity contribution >= 4 is 45.7 Å². The van der Waals surface area contributed by atoms with Crippen LogP contribution in [0.4, 0.5) is 5.69 Å². The van der Waals surface area contributed by atoms with E-state index in [0.29, 0.717) is 23.9 Å². The summed E-state index contributed by atoms with van der Waals surface area (Å²) in [5, 5.41) is 4.48. The van der Waals surface area contributed by atoms with E-state index in [9.17, 15) is 9.59 Å². The van der Waals surface area contributed by atoms with Crippen LogP contribution >= 0.6 is 12.2 Å². The van der Waals surface area contributed by atoms with E-state index in [2.05, 4.69) is 10.3 Å². The number of anilines is 1.